The summed E-state index contributed by atoms with van der Waals surface area (Å²) < 4.78 is 0. The van der Waals surface area contributed by atoms with Crippen molar-refractivity contribution in [2.75, 3.05) is 6.54 Å². The van der Waals surface area contributed by atoms with E-state index in [0.717, 1.165) is 11.1 Å². The van der Waals surface area contributed by atoms with Gasteiger partial charge in [-0.2, -0.15) is 0 Å². The van der Waals surface area contributed by atoms with E-state index in [9.17, 15) is 0 Å². The number of aromatic nitrogens is 1. The maximum atomic E-state index is 8.02. The topological polar surface area (TPSA) is 61.7 Å². The van der Waals surface area contributed by atoms with Crippen LogP contribution in [0, 0.1) is 18.8 Å². The lowest BCUT2D eigenvalue weighted by Gasteiger charge is -1.90. The summed E-state index contributed by atoms with van der Waals surface area (Å²) in [7, 11) is 0. The second-order valence-corrected chi connectivity index (χ2v) is 2.76. The fourth-order valence-electron chi connectivity index (χ4n) is 0.938. The van der Waals surface area contributed by atoms with Crippen molar-refractivity contribution in [1.82, 2.24) is 4.98 Å². The van der Waals surface area contributed by atoms with E-state index in [0.29, 0.717) is 13.0 Å². The van der Waals surface area contributed by atoms with Gasteiger partial charge in [-0.25, -0.2) is 0 Å². The van der Waals surface area contributed by atoms with E-state index in [-0.39, 0.29) is 0 Å². The molecule has 4 heteroatoms. The molecule has 0 fully saturated rings. The molecule has 0 saturated carbocycles. The average Bonchev–Trinajstić information content (AvgIpc) is 2.18. The van der Waals surface area contributed by atoms with E-state index in [1.165, 1.54) is 0 Å². The summed E-state index contributed by atoms with van der Waals surface area (Å²) in [5, 5.41) is 3.38. The van der Waals surface area contributed by atoms with Crippen molar-refractivity contribution in [2.45, 2.75) is 13.3 Å². The molecule has 0 saturated heterocycles. The van der Waals surface area contributed by atoms with Crippen LogP contribution in [0.2, 0.25) is 0 Å². The predicted octanol–water partition coefficient (Wildman–Crippen LogP) is 2.44. The summed E-state index contributed by atoms with van der Waals surface area (Å²) >= 11 is 0. The van der Waals surface area contributed by atoms with Crippen LogP contribution >= 0.6 is 0 Å². The third-order valence-corrected chi connectivity index (χ3v) is 1.51. The highest BCUT2D eigenvalue weighted by Crippen LogP contribution is 1.98. The van der Waals surface area contributed by atoms with Gasteiger partial charge in [-0.15, -0.1) is 0 Å². The van der Waals surface area contributed by atoms with E-state index in [1.54, 1.807) is 12.4 Å². The molecule has 14 heavy (non-hydrogen) atoms. The standard InChI is InChI=1S/C10H10N4/c1-9-6-10(8-12-7-9)4-2-3-5-13-14-11/h6-8H,3,5H2,1H3. The Morgan fingerprint density at radius 3 is 3.14 bits per heavy atom. The summed E-state index contributed by atoms with van der Waals surface area (Å²) in [5.41, 5.74) is 10.0. The van der Waals surface area contributed by atoms with Crippen molar-refractivity contribution in [3.63, 3.8) is 0 Å². The molecule has 0 spiro atoms. The zero-order chi connectivity index (χ0) is 10.2. The van der Waals surface area contributed by atoms with Gasteiger partial charge < -0.3 is 0 Å². The van der Waals surface area contributed by atoms with Gasteiger partial charge in [-0.3, -0.25) is 4.98 Å². The number of aryl methyl sites for hydroxylation is 1. The van der Waals surface area contributed by atoms with Gasteiger partial charge in [0.05, 0.1) is 0 Å². The molecule has 1 aromatic heterocycles. The van der Waals surface area contributed by atoms with Gasteiger partial charge in [-0.1, -0.05) is 17.0 Å². The molecule has 0 aliphatic heterocycles. The second-order valence-electron chi connectivity index (χ2n) is 2.76. The summed E-state index contributed by atoms with van der Waals surface area (Å²) in [4.78, 5) is 6.65. The lowest BCUT2D eigenvalue weighted by atomic mass is 10.2. The molecule has 4 nitrogen and oxygen atoms in total. The molecule has 1 aromatic rings. The van der Waals surface area contributed by atoms with Gasteiger partial charge in [0.15, 0.2) is 0 Å². The molecule has 0 aliphatic rings. The van der Waals surface area contributed by atoms with Crippen molar-refractivity contribution in [2.24, 2.45) is 5.11 Å². The molecule has 1 rings (SSSR count). The van der Waals surface area contributed by atoms with Gasteiger partial charge >= 0.3 is 0 Å². The number of hydrogen-bond donors (Lipinski definition) is 0. The number of hydrogen-bond acceptors (Lipinski definition) is 2. The highest BCUT2D eigenvalue weighted by molar-refractivity contribution is 5.33. The van der Waals surface area contributed by atoms with Gasteiger partial charge in [-0.05, 0) is 24.1 Å². The zero-order valence-electron chi connectivity index (χ0n) is 7.94. The molecular formula is C10H10N4. The van der Waals surface area contributed by atoms with Crippen LogP contribution in [-0.4, -0.2) is 11.5 Å². The first-order valence-corrected chi connectivity index (χ1v) is 4.24. The summed E-state index contributed by atoms with van der Waals surface area (Å²) in [6.45, 7) is 2.39. The van der Waals surface area contributed by atoms with Gasteiger partial charge in [0.2, 0.25) is 0 Å². The van der Waals surface area contributed by atoms with Gasteiger partial charge in [0.1, 0.15) is 0 Å². The Balaban J connectivity index is 2.54. The molecule has 1 heterocycles. The molecule has 0 amide bonds. The minimum Gasteiger partial charge on any atom is -0.263 e. The maximum Gasteiger partial charge on any atom is 0.0431 e. The van der Waals surface area contributed by atoms with Crippen LogP contribution in [0.1, 0.15) is 17.5 Å². The number of nitrogens with zero attached hydrogens (tertiary/aromatic N) is 4. The van der Waals surface area contributed by atoms with Crippen LogP contribution in [-0.2, 0) is 0 Å². The Labute approximate surface area is 82.6 Å². The Hall–Kier alpha value is -1.98. The highest BCUT2D eigenvalue weighted by Gasteiger charge is 1.86. The Kier molecular flexibility index (Phi) is 4.06. The normalized spacial score (nSPS) is 8.36. The SMILES string of the molecule is Cc1cncc(C#CCCN=[N+]=[N-])c1. The smallest absolute Gasteiger partial charge is 0.0431 e. The van der Waals surface area contributed by atoms with E-state index < -0.39 is 0 Å². The van der Waals surface area contributed by atoms with Crippen LogP contribution in [0.3, 0.4) is 0 Å². The van der Waals surface area contributed by atoms with Crippen molar-refractivity contribution in [1.29, 1.82) is 0 Å². The van der Waals surface area contributed by atoms with Crippen LogP contribution in [0.4, 0.5) is 0 Å². The van der Waals surface area contributed by atoms with Crippen molar-refractivity contribution < 1.29 is 0 Å². The third kappa shape index (κ3) is 3.61. The summed E-state index contributed by atoms with van der Waals surface area (Å²) in [6, 6.07) is 1.97. The number of pyridine rings is 1. The lowest BCUT2D eigenvalue weighted by Crippen LogP contribution is -1.80. The minimum atomic E-state index is 0.419. The molecule has 0 radical (unpaired) electrons. The molecule has 0 aliphatic carbocycles. The zero-order valence-corrected chi connectivity index (χ0v) is 7.94. The Morgan fingerprint density at radius 2 is 2.43 bits per heavy atom. The lowest BCUT2D eigenvalue weighted by molar-refractivity contribution is 1.01. The predicted molar refractivity (Wildman–Crippen MR) is 54.5 cm³/mol. The minimum absolute atomic E-state index is 0.419. The third-order valence-electron chi connectivity index (χ3n) is 1.51. The average molecular weight is 186 g/mol. The van der Waals surface area contributed by atoms with E-state index >= 15 is 0 Å². The monoisotopic (exact) mass is 186 g/mol. The number of rotatable bonds is 2. The number of azide groups is 1. The Morgan fingerprint density at radius 1 is 1.57 bits per heavy atom. The van der Waals surface area contributed by atoms with Gasteiger partial charge in [0, 0.05) is 35.8 Å². The summed E-state index contributed by atoms with van der Waals surface area (Å²) in [6.07, 6.45) is 4.08. The molecule has 0 N–H and O–H groups in total. The largest absolute Gasteiger partial charge is 0.263 e. The van der Waals surface area contributed by atoms with E-state index in [1.807, 2.05) is 13.0 Å². The summed E-state index contributed by atoms with van der Waals surface area (Å²) in [5.74, 6) is 5.86. The van der Waals surface area contributed by atoms with E-state index in [4.69, 9.17) is 5.53 Å². The molecule has 0 atom stereocenters. The van der Waals surface area contributed by atoms with Crippen LogP contribution in [0.15, 0.2) is 23.6 Å². The molecule has 0 aromatic carbocycles. The molecule has 0 unspecified atom stereocenters. The fraction of sp³-hybridized carbons (Fsp3) is 0.300. The molecule has 70 valence electrons. The Bertz CT molecular complexity index is 408. The van der Waals surface area contributed by atoms with E-state index in [2.05, 4.69) is 26.9 Å². The fourth-order valence-corrected chi connectivity index (χ4v) is 0.938. The van der Waals surface area contributed by atoms with Gasteiger partial charge in [0.25, 0.3) is 0 Å². The van der Waals surface area contributed by atoms with Crippen LogP contribution in [0.25, 0.3) is 10.4 Å². The van der Waals surface area contributed by atoms with Crippen molar-refractivity contribution in [3.8, 4) is 11.8 Å². The highest BCUT2D eigenvalue weighted by atomic mass is 15.1. The van der Waals surface area contributed by atoms with Crippen LogP contribution in [0.5, 0.6) is 0 Å². The first-order chi connectivity index (χ1) is 6.83. The quantitative estimate of drug-likeness (QED) is 0.230. The van der Waals surface area contributed by atoms with Crippen molar-refractivity contribution >= 4 is 0 Å². The second kappa shape index (κ2) is 5.63. The first kappa shape index (κ1) is 10.1. The first-order valence-electron chi connectivity index (χ1n) is 4.24. The molecule has 0 bridgehead atoms. The maximum absolute atomic E-state index is 8.02. The van der Waals surface area contributed by atoms with Crippen LogP contribution < -0.4 is 0 Å². The molecular weight excluding hydrogens is 176 g/mol. The van der Waals surface area contributed by atoms with Crippen molar-refractivity contribution in [3.05, 3.63) is 40.0 Å².